The maximum Gasteiger partial charge on any atom is 0.524 e. The first-order chi connectivity index (χ1) is 15.7. The van der Waals surface area contributed by atoms with Crippen molar-refractivity contribution in [3.8, 4) is 0 Å². The van der Waals surface area contributed by atoms with Gasteiger partial charge in [-0.1, -0.05) is 0 Å². The number of quaternary nitrogens is 1. The van der Waals surface area contributed by atoms with Crippen molar-refractivity contribution in [3.63, 3.8) is 0 Å². The smallest absolute Gasteiger partial charge is 0.455 e. The molecule has 33 heavy (non-hydrogen) atoms. The number of halogens is 1. The largest absolute Gasteiger partial charge is 0.524 e. The zero-order chi connectivity index (χ0) is 24.4. The van der Waals surface area contributed by atoms with Crippen LogP contribution in [-0.2, 0) is 30.5 Å². The SMILES string of the molecule is C[C@@H]1CCC[N+]1(C(=O)CNC(=O)CCCC(=O)OCI)C(=O)OCc1ccc([N+](=O)[O-])cc1. The van der Waals surface area contributed by atoms with E-state index in [-0.39, 0.29) is 54.9 Å². The van der Waals surface area contributed by atoms with Crippen LogP contribution in [-0.4, -0.2) is 57.0 Å². The molecule has 180 valence electrons. The van der Waals surface area contributed by atoms with Crippen LogP contribution in [0.5, 0.6) is 0 Å². The quantitative estimate of drug-likeness (QED) is 0.112. The van der Waals surface area contributed by atoms with E-state index in [1.165, 1.54) is 24.3 Å². The van der Waals surface area contributed by atoms with Crippen LogP contribution in [0.4, 0.5) is 10.5 Å². The second kappa shape index (κ2) is 12.6. The number of nitrogens with zero attached hydrogens (tertiary/aromatic N) is 2. The molecule has 1 fully saturated rings. The van der Waals surface area contributed by atoms with Gasteiger partial charge in [-0.3, -0.25) is 19.7 Å². The minimum atomic E-state index is -0.709. The van der Waals surface area contributed by atoms with Gasteiger partial charge in [0.25, 0.3) is 5.69 Å². The first kappa shape index (κ1) is 26.6. The standard InChI is InChI=1S/C21H26IN3O8/c1-15-4-3-11-25(15,19(27)12-23-18(26)5-2-6-20(28)33-14-22)21(29)32-13-16-7-9-17(10-8-16)24(30)31/h7-10,15H,2-6,11-14H2,1H3/p+1/t15-,25?/m1/s1. The molecule has 1 saturated heterocycles. The van der Waals surface area contributed by atoms with Crippen molar-refractivity contribution in [3.05, 3.63) is 39.9 Å². The van der Waals surface area contributed by atoms with Gasteiger partial charge < -0.3 is 14.8 Å². The number of amides is 3. The monoisotopic (exact) mass is 576 g/mol. The Bertz CT molecular complexity index is 892. The van der Waals surface area contributed by atoms with Gasteiger partial charge in [-0.2, -0.15) is 9.28 Å². The Morgan fingerprint density at radius 1 is 1.18 bits per heavy atom. The minimum Gasteiger partial charge on any atom is -0.455 e. The Hall–Kier alpha value is -2.61. The van der Waals surface area contributed by atoms with Crippen LogP contribution < -0.4 is 5.32 Å². The number of nitro benzene ring substituents is 1. The lowest BCUT2D eigenvalue weighted by molar-refractivity contribution is -0.792. The summed E-state index contributed by atoms with van der Waals surface area (Å²) >= 11 is 1.90. The number of imide groups is 1. The number of carbonyl (C=O) groups is 4. The van der Waals surface area contributed by atoms with E-state index in [1.54, 1.807) is 6.92 Å². The number of likely N-dealkylation sites (tertiary alicyclic amines) is 1. The Balaban J connectivity index is 1.92. The molecule has 2 atom stereocenters. The van der Waals surface area contributed by atoms with Gasteiger partial charge in [-0.25, -0.2) is 4.79 Å². The summed E-state index contributed by atoms with van der Waals surface area (Å²) in [6.07, 6.45) is 1.07. The van der Waals surface area contributed by atoms with E-state index in [4.69, 9.17) is 9.47 Å². The van der Waals surface area contributed by atoms with Gasteiger partial charge in [-0.05, 0) is 53.6 Å². The molecule has 2 rings (SSSR count). The van der Waals surface area contributed by atoms with Crippen LogP contribution in [0.1, 0.15) is 44.6 Å². The number of hydrogen-bond acceptors (Lipinski definition) is 8. The molecule has 0 bridgehead atoms. The number of rotatable bonds is 10. The zero-order valence-electron chi connectivity index (χ0n) is 18.3. The molecule has 0 aromatic heterocycles. The molecule has 1 aliphatic rings. The van der Waals surface area contributed by atoms with E-state index < -0.39 is 27.3 Å². The number of carbonyl (C=O) groups excluding carboxylic acids is 4. The van der Waals surface area contributed by atoms with Crippen LogP contribution in [0.15, 0.2) is 24.3 Å². The number of nitro groups is 1. The van der Waals surface area contributed by atoms with Gasteiger partial charge in [0.15, 0.2) is 0 Å². The second-order valence-electron chi connectivity index (χ2n) is 7.71. The molecule has 0 aliphatic carbocycles. The Morgan fingerprint density at radius 3 is 2.45 bits per heavy atom. The highest BCUT2D eigenvalue weighted by Gasteiger charge is 2.53. The summed E-state index contributed by atoms with van der Waals surface area (Å²) < 4.78 is 9.92. The summed E-state index contributed by atoms with van der Waals surface area (Å²) in [6.45, 7) is 1.61. The highest BCUT2D eigenvalue weighted by molar-refractivity contribution is 14.1. The van der Waals surface area contributed by atoms with Crippen LogP contribution in [0.25, 0.3) is 0 Å². The molecule has 1 N–H and O–H groups in total. The Kier molecular flexibility index (Phi) is 10.2. The van der Waals surface area contributed by atoms with Gasteiger partial charge in [-0.15, -0.1) is 0 Å². The Labute approximate surface area is 204 Å². The molecule has 1 heterocycles. The van der Waals surface area contributed by atoms with Gasteiger partial charge in [0.05, 0.1) is 11.5 Å². The van der Waals surface area contributed by atoms with E-state index in [0.29, 0.717) is 24.8 Å². The third-order valence-corrected chi connectivity index (χ3v) is 5.91. The third-order valence-electron chi connectivity index (χ3n) is 5.60. The van der Waals surface area contributed by atoms with Gasteiger partial charge in [0.1, 0.15) is 23.8 Å². The summed E-state index contributed by atoms with van der Waals surface area (Å²) in [4.78, 5) is 59.6. The molecule has 1 aromatic rings. The van der Waals surface area contributed by atoms with Crippen molar-refractivity contribution in [2.45, 2.75) is 51.7 Å². The molecule has 0 spiro atoms. The summed E-state index contributed by atoms with van der Waals surface area (Å²) in [5.41, 5.74) is 0.482. The van der Waals surface area contributed by atoms with Crippen molar-refractivity contribution in [1.29, 1.82) is 0 Å². The third kappa shape index (κ3) is 7.19. The lowest BCUT2D eigenvalue weighted by atomic mass is 10.2. The van der Waals surface area contributed by atoms with E-state index in [2.05, 4.69) is 5.32 Å². The van der Waals surface area contributed by atoms with Crippen LogP contribution >= 0.6 is 22.6 Å². The van der Waals surface area contributed by atoms with Gasteiger partial charge >= 0.3 is 18.0 Å². The molecule has 0 radical (unpaired) electrons. The first-order valence-corrected chi connectivity index (χ1v) is 12.0. The summed E-state index contributed by atoms with van der Waals surface area (Å²) in [7, 11) is 0. The maximum absolute atomic E-state index is 13.0. The van der Waals surface area contributed by atoms with Crippen LogP contribution in [0.2, 0.25) is 0 Å². The number of nitrogens with one attached hydrogen (secondary N) is 1. The van der Waals surface area contributed by atoms with Crippen LogP contribution in [0, 0.1) is 10.1 Å². The van der Waals surface area contributed by atoms with E-state index in [9.17, 15) is 29.3 Å². The number of benzene rings is 1. The average molecular weight is 576 g/mol. The first-order valence-electron chi connectivity index (χ1n) is 10.5. The molecule has 1 aliphatic heterocycles. The highest BCUT2D eigenvalue weighted by Crippen LogP contribution is 2.29. The topological polar surface area (TPSA) is 142 Å². The average Bonchev–Trinajstić information content (AvgIpc) is 3.18. The lowest BCUT2D eigenvalue weighted by Crippen LogP contribution is -2.61. The second-order valence-corrected chi connectivity index (χ2v) is 8.33. The maximum atomic E-state index is 13.0. The molecule has 1 aromatic carbocycles. The van der Waals surface area contributed by atoms with Crippen molar-refractivity contribution in [2.75, 3.05) is 17.7 Å². The fraction of sp³-hybridized carbons (Fsp3) is 0.524. The van der Waals surface area contributed by atoms with Gasteiger partial charge in [0.2, 0.25) is 5.91 Å². The highest BCUT2D eigenvalue weighted by atomic mass is 127. The van der Waals surface area contributed by atoms with Crippen molar-refractivity contribution >= 4 is 52.2 Å². The van der Waals surface area contributed by atoms with Crippen LogP contribution in [0.3, 0.4) is 0 Å². The van der Waals surface area contributed by atoms with E-state index in [0.717, 1.165) is 0 Å². The van der Waals surface area contributed by atoms with Crippen molar-refractivity contribution in [1.82, 2.24) is 5.32 Å². The molecule has 0 saturated carbocycles. The normalized spacial score (nSPS) is 19.5. The number of alkyl halides is 1. The number of ether oxygens (including phenoxy) is 2. The van der Waals surface area contributed by atoms with E-state index in [1.807, 2.05) is 22.6 Å². The molecular formula is C21H27IN3O8+. The fourth-order valence-corrected chi connectivity index (χ4v) is 4.07. The lowest BCUT2D eigenvalue weighted by Gasteiger charge is -2.31. The number of esters is 1. The van der Waals surface area contributed by atoms with Crippen molar-refractivity contribution in [2.24, 2.45) is 0 Å². The summed E-state index contributed by atoms with van der Waals surface area (Å²) in [6, 6.07) is 5.30. The molecule has 11 nitrogen and oxygen atoms in total. The molecule has 12 heteroatoms. The Morgan fingerprint density at radius 2 is 1.88 bits per heavy atom. The van der Waals surface area contributed by atoms with E-state index >= 15 is 0 Å². The van der Waals surface area contributed by atoms with Gasteiger partial charge in [0, 0.05) is 37.8 Å². The zero-order valence-corrected chi connectivity index (χ0v) is 20.4. The minimum absolute atomic E-state index is 0.0593. The number of hydrogen-bond donors (Lipinski definition) is 1. The predicted octanol–water partition coefficient (Wildman–Crippen LogP) is 2.98. The summed E-state index contributed by atoms with van der Waals surface area (Å²) in [5, 5.41) is 13.3. The summed E-state index contributed by atoms with van der Waals surface area (Å²) in [5.74, 6) is -1.25. The molecule has 1 unspecified atom stereocenters. The molecule has 3 amide bonds. The predicted molar refractivity (Wildman–Crippen MR) is 124 cm³/mol. The number of non-ortho nitro benzene ring substituents is 1. The van der Waals surface area contributed by atoms with Crippen molar-refractivity contribution < 1.29 is 38.1 Å². The fourth-order valence-electron chi connectivity index (χ4n) is 3.72. The molecular weight excluding hydrogens is 549 g/mol.